The van der Waals surface area contributed by atoms with Crippen LogP contribution >= 0.6 is 0 Å². The van der Waals surface area contributed by atoms with Crippen molar-refractivity contribution in [2.45, 2.75) is 46.5 Å². The zero-order valence-corrected chi connectivity index (χ0v) is 12.2. The minimum atomic E-state index is -0.337. The van der Waals surface area contributed by atoms with Crippen LogP contribution in [0.4, 0.5) is 4.79 Å². The highest BCUT2D eigenvalue weighted by Gasteiger charge is 2.18. The Hall–Kier alpha value is -2.05. The molecule has 2 rings (SSSR count). The molecule has 108 valence electrons. The van der Waals surface area contributed by atoms with Gasteiger partial charge < -0.3 is 0 Å². The lowest BCUT2D eigenvalue weighted by molar-refractivity contribution is 0.237. The first-order valence-electron chi connectivity index (χ1n) is 6.96. The molecule has 0 aliphatic carbocycles. The van der Waals surface area contributed by atoms with E-state index in [0.29, 0.717) is 17.6 Å². The predicted molar refractivity (Wildman–Crippen MR) is 73.4 cm³/mol. The summed E-state index contributed by atoms with van der Waals surface area (Å²) in [5.41, 5.74) is 0. The largest absolute Gasteiger partial charge is 0.372 e. The number of carbonyl (C=O) groups excluding carboxylic acids is 1. The van der Waals surface area contributed by atoms with Gasteiger partial charge in [0.1, 0.15) is 18.5 Å². The molecule has 0 radical (unpaired) electrons. The molecule has 0 amide bonds. The molecular formula is C13H20N6O. The number of rotatable bonds is 5. The maximum Gasteiger partial charge on any atom is 0.372 e. The molecule has 0 saturated carbocycles. The van der Waals surface area contributed by atoms with Crippen LogP contribution in [-0.2, 0) is 12.8 Å². The van der Waals surface area contributed by atoms with Crippen molar-refractivity contribution in [1.29, 1.82) is 0 Å². The third-order valence-electron chi connectivity index (χ3n) is 2.86. The minimum Gasteiger partial charge on any atom is -0.243 e. The molecule has 2 aromatic rings. The predicted octanol–water partition coefficient (Wildman–Crippen LogP) is 1.93. The second-order valence-electron chi connectivity index (χ2n) is 5.18. The lowest BCUT2D eigenvalue weighted by Gasteiger charge is -2.02. The Balaban J connectivity index is 2.28. The molecule has 0 N–H and O–H groups in total. The molecule has 0 saturated heterocycles. The molecule has 0 fully saturated rings. The molecule has 20 heavy (non-hydrogen) atoms. The van der Waals surface area contributed by atoms with Crippen LogP contribution in [0.15, 0.2) is 12.7 Å². The van der Waals surface area contributed by atoms with Gasteiger partial charge in [0.15, 0.2) is 5.82 Å². The molecule has 0 aromatic carbocycles. The van der Waals surface area contributed by atoms with Gasteiger partial charge in [-0.15, -0.1) is 5.10 Å². The fourth-order valence-corrected chi connectivity index (χ4v) is 1.90. The van der Waals surface area contributed by atoms with E-state index in [2.05, 4.69) is 40.9 Å². The van der Waals surface area contributed by atoms with E-state index in [0.717, 1.165) is 25.7 Å². The van der Waals surface area contributed by atoms with Gasteiger partial charge in [-0.25, -0.2) is 14.8 Å². The van der Waals surface area contributed by atoms with Crippen LogP contribution < -0.4 is 0 Å². The van der Waals surface area contributed by atoms with Crippen molar-refractivity contribution in [3.8, 4) is 0 Å². The Morgan fingerprint density at radius 1 is 1.40 bits per heavy atom. The van der Waals surface area contributed by atoms with Crippen LogP contribution in [-0.4, -0.2) is 35.6 Å². The molecule has 0 unspecified atom stereocenters. The number of unbranched alkanes of at least 4 members (excludes halogenated alkanes) is 1. The minimum absolute atomic E-state index is 0.337. The van der Waals surface area contributed by atoms with E-state index in [-0.39, 0.29) is 6.03 Å². The van der Waals surface area contributed by atoms with Crippen molar-refractivity contribution in [3.05, 3.63) is 24.3 Å². The molecule has 0 bridgehead atoms. The summed E-state index contributed by atoms with van der Waals surface area (Å²) in [6.45, 7) is 6.31. The summed E-state index contributed by atoms with van der Waals surface area (Å²) in [6, 6.07) is -0.337. The van der Waals surface area contributed by atoms with Gasteiger partial charge in [-0.1, -0.05) is 27.2 Å². The summed E-state index contributed by atoms with van der Waals surface area (Å²) in [5.74, 6) is 1.86. The van der Waals surface area contributed by atoms with E-state index in [1.165, 1.54) is 22.0 Å². The third-order valence-corrected chi connectivity index (χ3v) is 2.86. The second kappa shape index (κ2) is 6.40. The monoisotopic (exact) mass is 276 g/mol. The van der Waals surface area contributed by atoms with Crippen LogP contribution in [0, 0.1) is 5.92 Å². The average molecular weight is 276 g/mol. The lowest BCUT2D eigenvalue weighted by atomic mass is 10.1. The van der Waals surface area contributed by atoms with Crippen LogP contribution in [0.1, 0.15) is 45.3 Å². The van der Waals surface area contributed by atoms with E-state index >= 15 is 0 Å². The van der Waals surface area contributed by atoms with Crippen LogP contribution in [0.25, 0.3) is 0 Å². The quantitative estimate of drug-likeness (QED) is 0.833. The normalized spacial score (nSPS) is 11.2. The SMILES string of the molecule is CCCCc1nc(CC(C)C)nn1C(=O)n1cncn1. The maximum absolute atomic E-state index is 12.3. The summed E-state index contributed by atoms with van der Waals surface area (Å²) in [6.07, 6.45) is 6.22. The highest BCUT2D eigenvalue weighted by Crippen LogP contribution is 2.09. The van der Waals surface area contributed by atoms with E-state index in [9.17, 15) is 4.79 Å². The molecule has 0 aliphatic rings. The highest BCUT2D eigenvalue weighted by atomic mass is 16.2. The Bertz CT molecular complexity index is 557. The summed E-state index contributed by atoms with van der Waals surface area (Å²) < 4.78 is 2.52. The molecular weight excluding hydrogens is 256 g/mol. The Morgan fingerprint density at radius 2 is 2.20 bits per heavy atom. The van der Waals surface area contributed by atoms with Gasteiger partial charge in [0.05, 0.1) is 0 Å². The van der Waals surface area contributed by atoms with Crippen LogP contribution in [0.2, 0.25) is 0 Å². The summed E-state index contributed by atoms with van der Waals surface area (Å²) in [5, 5.41) is 8.18. The van der Waals surface area contributed by atoms with Crippen molar-refractivity contribution in [2.24, 2.45) is 5.92 Å². The number of carbonyl (C=O) groups is 1. The van der Waals surface area contributed by atoms with Gasteiger partial charge in [0.2, 0.25) is 0 Å². The molecule has 2 aromatic heterocycles. The van der Waals surface area contributed by atoms with Crippen molar-refractivity contribution in [2.75, 3.05) is 0 Å². The van der Waals surface area contributed by atoms with Gasteiger partial charge >= 0.3 is 6.03 Å². The number of hydrogen-bond acceptors (Lipinski definition) is 5. The van der Waals surface area contributed by atoms with E-state index in [4.69, 9.17) is 0 Å². The standard InChI is InChI=1S/C13H20N6O/c1-4-5-6-12-16-11(7-10(2)3)17-19(12)13(20)18-9-14-8-15-18/h8-10H,4-7H2,1-3H3. The first-order valence-corrected chi connectivity index (χ1v) is 6.96. The Morgan fingerprint density at radius 3 is 2.80 bits per heavy atom. The van der Waals surface area contributed by atoms with Crippen molar-refractivity contribution in [3.63, 3.8) is 0 Å². The number of nitrogens with zero attached hydrogens (tertiary/aromatic N) is 6. The van der Waals surface area contributed by atoms with Crippen molar-refractivity contribution < 1.29 is 4.79 Å². The van der Waals surface area contributed by atoms with Gasteiger partial charge in [-0.2, -0.15) is 14.5 Å². The van der Waals surface area contributed by atoms with E-state index in [1.807, 2.05) is 0 Å². The molecule has 2 heterocycles. The van der Waals surface area contributed by atoms with Gasteiger partial charge in [-0.3, -0.25) is 0 Å². The maximum atomic E-state index is 12.3. The van der Waals surface area contributed by atoms with Crippen LogP contribution in [0.5, 0.6) is 0 Å². The molecule has 7 nitrogen and oxygen atoms in total. The molecule has 0 spiro atoms. The lowest BCUT2D eigenvalue weighted by Crippen LogP contribution is -2.23. The number of aryl methyl sites for hydroxylation is 1. The van der Waals surface area contributed by atoms with Crippen molar-refractivity contribution >= 4 is 6.03 Å². The molecule has 7 heteroatoms. The van der Waals surface area contributed by atoms with Crippen LogP contribution in [0.3, 0.4) is 0 Å². The topological polar surface area (TPSA) is 78.5 Å². The summed E-state index contributed by atoms with van der Waals surface area (Å²) in [7, 11) is 0. The van der Waals surface area contributed by atoms with E-state index in [1.54, 1.807) is 0 Å². The van der Waals surface area contributed by atoms with E-state index < -0.39 is 0 Å². The number of hydrogen-bond donors (Lipinski definition) is 0. The first-order chi connectivity index (χ1) is 9.61. The third kappa shape index (κ3) is 3.28. The Kier molecular flexibility index (Phi) is 4.60. The Labute approximate surface area is 118 Å². The molecule has 0 atom stereocenters. The van der Waals surface area contributed by atoms with Crippen molar-refractivity contribution in [1.82, 2.24) is 29.5 Å². The van der Waals surface area contributed by atoms with Gasteiger partial charge in [-0.05, 0) is 12.3 Å². The zero-order valence-electron chi connectivity index (χ0n) is 12.2. The second-order valence-corrected chi connectivity index (χ2v) is 5.18. The summed E-state index contributed by atoms with van der Waals surface area (Å²) in [4.78, 5) is 20.6. The summed E-state index contributed by atoms with van der Waals surface area (Å²) >= 11 is 0. The fraction of sp³-hybridized carbons (Fsp3) is 0.615. The molecule has 0 aliphatic heterocycles. The highest BCUT2D eigenvalue weighted by molar-refractivity contribution is 5.77. The van der Waals surface area contributed by atoms with Gasteiger partial charge in [0, 0.05) is 12.8 Å². The number of aromatic nitrogens is 6. The van der Waals surface area contributed by atoms with Gasteiger partial charge in [0.25, 0.3) is 0 Å². The first kappa shape index (κ1) is 14.4. The average Bonchev–Trinajstić information content (AvgIpc) is 3.04. The fourth-order valence-electron chi connectivity index (χ4n) is 1.90. The zero-order chi connectivity index (χ0) is 14.5. The smallest absolute Gasteiger partial charge is 0.243 e.